The van der Waals surface area contributed by atoms with E-state index in [1.54, 1.807) is 13.8 Å². The number of ether oxygens (including phenoxy) is 2. The second-order valence-electron chi connectivity index (χ2n) is 17.8. The van der Waals surface area contributed by atoms with Gasteiger partial charge in [-0.05, 0) is 113 Å². The highest BCUT2D eigenvalue weighted by atomic mass is 16.6. The number of hydrogen-bond acceptors (Lipinski definition) is 8. The van der Waals surface area contributed by atoms with Crippen molar-refractivity contribution in [3.63, 3.8) is 0 Å². The van der Waals surface area contributed by atoms with Gasteiger partial charge in [0.15, 0.2) is 0 Å². The second kappa shape index (κ2) is 12.4. The van der Waals surface area contributed by atoms with Crippen molar-refractivity contribution in [2.75, 3.05) is 13.2 Å². The molecular weight excluding hydrogens is 596 g/mol. The molecular formula is C39H60O8. The number of carbonyl (C=O) groups is 2. The highest BCUT2D eigenvalue weighted by molar-refractivity contribution is 5.83. The van der Waals surface area contributed by atoms with Crippen LogP contribution in [0.5, 0.6) is 0 Å². The molecule has 0 aromatic rings. The van der Waals surface area contributed by atoms with Crippen LogP contribution in [0.1, 0.15) is 107 Å². The Morgan fingerprint density at radius 1 is 0.851 bits per heavy atom. The van der Waals surface area contributed by atoms with Gasteiger partial charge in [0, 0.05) is 17.6 Å². The van der Waals surface area contributed by atoms with Crippen LogP contribution in [0.4, 0.5) is 0 Å². The number of fused-ring (bicyclic) bond motifs is 7. The fraction of sp³-hybridized carbons (Fsp3) is 0.795. The summed E-state index contributed by atoms with van der Waals surface area (Å²) in [7, 11) is 0. The summed E-state index contributed by atoms with van der Waals surface area (Å²) in [6, 6.07) is 0. The molecule has 47 heavy (non-hydrogen) atoms. The van der Waals surface area contributed by atoms with Crippen molar-refractivity contribution in [3.05, 3.63) is 34.9 Å². The lowest BCUT2D eigenvalue weighted by Gasteiger charge is -2.69. The number of esters is 2. The van der Waals surface area contributed by atoms with Gasteiger partial charge in [0.1, 0.15) is 6.10 Å². The van der Waals surface area contributed by atoms with Gasteiger partial charge in [-0.25, -0.2) is 9.59 Å². The Morgan fingerprint density at radius 3 is 2.09 bits per heavy atom. The topological polar surface area (TPSA) is 134 Å². The molecule has 0 amide bonds. The number of aliphatic hydroxyl groups is 4. The predicted molar refractivity (Wildman–Crippen MR) is 180 cm³/mol. The SMILES string of the molecule is CC(C)=CC(=O)OC[C@]1(C)C2CC[C@@]3(C)C4C[C@@H](O)[C@]5(CO)C(CC(C)(C)[C@@H](O)[C@@H]5OC(=O)C=C(C)C)C4=CCC3[C@@]2(C)CC[C@@H]1O. The van der Waals surface area contributed by atoms with Gasteiger partial charge in [-0.1, -0.05) is 57.4 Å². The van der Waals surface area contributed by atoms with Gasteiger partial charge in [-0.15, -0.1) is 0 Å². The number of allylic oxidation sites excluding steroid dienone is 4. The molecule has 12 atom stereocenters. The Morgan fingerprint density at radius 2 is 1.47 bits per heavy atom. The van der Waals surface area contributed by atoms with Crippen LogP contribution >= 0.6 is 0 Å². The van der Waals surface area contributed by atoms with Crippen molar-refractivity contribution in [1.82, 2.24) is 0 Å². The summed E-state index contributed by atoms with van der Waals surface area (Å²) in [5, 5.41) is 46.3. The van der Waals surface area contributed by atoms with Gasteiger partial charge in [0.2, 0.25) is 0 Å². The van der Waals surface area contributed by atoms with Crippen molar-refractivity contribution in [2.45, 2.75) is 132 Å². The highest BCUT2D eigenvalue weighted by Gasteiger charge is 2.70. The van der Waals surface area contributed by atoms with E-state index in [0.29, 0.717) is 19.3 Å². The standard InChI is InChI=1S/C39H60O8/c1-22(2)16-31(43)46-21-38(9)28-12-14-36(7)25-18-30(42)39(20-40)26(24(25)10-11-27(36)37(28,8)15-13-29(38)41)19-35(5,6)33(45)34(39)47-32(44)17-23(3)4/h10,16-17,25-30,33-34,40-42,45H,11-15,18-21H2,1-9H3/t25?,26?,27?,28?,29-,30+,33-,34-,36-,37+,38+,39-/m0/s1. The first-order valence-corrected chi connectivity index (χ1v) is 17.8. The smallest absolute Gasteiger partial charge is 0.331 e. The maximum atomic E-state index is 13.0. The van der Waals surface area contributed by atoms with E-state index in [1.165, 1.54) is 17.7 Å². The van der Waals surface area contributed by atoms with Crippen molar-refractivity contribution in [2.24, 2.45) is 50.7 Å². The summed E-state index contributed by atoms with van der Waals surface area (Å²) in [5.41, 5.74) is 0.203. The molecule has 0 aromatic carbocycles. The van der Waals surface area contributed by atoms with Crippen molar-refractivity contribution < 1.29 is 39.5 Å². The molecule has 5 aliphatic rings. The van der Waals surface area contributed by atoms with Crippen molar-refractivity contribution >= 4 is 11.9 Å². The first kappa shape index (κ1) is 36.3. The molecule has 0 heterocycles. The second-order valence-corrected chi connectivity index (χ2v) is 17.8. The summed E-state index contributed by atoms with van der Waals surface area (Å²) in [4.78, 5) is 25.5. The van der Waals surface area contributed by atoms with Crippen LogP contribution in [0.15, 0.2) is 34.9 Å². The minimum absolute atomic E-state index is 0.0625. The third-order valence-corrected chi connectivity index (χ3v) is 14.0. The van der Waals surface area contributed by atoms with Gasteiger partial charge in [-0.3, -0.25) is 0 Å². The Kier molecular flexibility index (Phi) is 9.57. The van der Waals surface area contributed by atoms with E-state index in [-0.39, 0.29) is 47.1 Å². The van der Waals surface area contributed by atoms with E-state index in [4.69, 9.17) is 9.47 Å². The summed E-state index contributed by atoms with van der Waals surface area (Å²) in [5.74, 6) is -0.708. The van der Waals surface area contributed by atoms with E-state index in [2.05, 4.69) is 26.8 Å². The third-order valence-electron chi connectivity index (χ3n) is 14.0. The highest BCUT2D eigenvalue weighted by Crippen LogP contribution is 2.72. The summed E-state index contributed by atoms with van der Waals surface area (Å²) < 4.78 is 11.8. The zero-order valence-corrected chi connectivity index (χ0v) is 30.1. The summed E-state index contributed by atoms with van der Waals surface area (Å²) >= 11 is 0. The zero-order valence-electron chi connectivity index (χ0n) is 30.1. The van der Waals surface area contributed by atoms with Gasteiger partial charge in [0.05, 0.1) is 36.9 Å². The Labute approximate surface area is 281 Å². The normalized spacial score (nSPS) is 45.1. The lowest BCUT2D eigenvalue weighted by atomic mass is 9.36. The molecule has 0 bridgehead atoms. The fourth-order valence-corrected chi connectivity index (χ4v) is 11.5. The minimum atomic E-state index is -1.21. The van der Waals surface area contributed by atoms with E-state index in [0.717, 1.165) is 36.8 Å². The van der Waals surface area contributed by atoms with Crippen LogP contribution in [0.25, 0.3) is 0 Å². The first-order valence-electron chi connectivity index (χ1n) is 17.8. The number of carbonyl (C=O) groups excluding carboxylic acids is 2. The molecule has 0 saturated heterocycles. The van der Waals surface area contributed by atoms with Crippen LogP contribution in [-0.2, 0) is 19.1 Å². The van der Waals surface area contributed by atoms with E-state index in [9.17, 15) is 30.0 Å². The monoisotopic (exact) mass is 656 g/mol. The lowest BCUT2D eigenvalue weighted by Crippen LogP contribution is -2.70. The quantitative estimate of drug-likeness (QED) is 0.163. The molecule has 8 heteroatoms. The average Bonchev–Trinajstić information content (AvgIpc) is 2.96. The van der Waals surface area contributed by atoms with Crippen LogP contribution in [0, 0.1) is 50.7 Å². The van der Waals surface area contributed by atoms with Gasteiger partial charge >= 0.3 is 11.9 Å². The van der Waals surface area contributed by atoms with Gasteiger partial charge < -0.3 is 29.9 Å². The summed E-state index contributed by atoms with van der Waals surface area (Å²) in [6.45, 7) is 17.9. The summed E-state index contributed by atoms with van der Waals surface area (Å²) in [6.07, 6.45) is 6.70. The van der Waals surface area contributed by atoms with Crippen LogP contribution < -0.4 is 0 Å². The third kappa shape index (κ3) is 5.67. The average molecular weight is 657 g/mol. The minimum Gasteiger partial charge on any atom is -0.462 e. The maximum absolute atomic E-state index is 13.0. The Bertz CT molecular complexity index is 1340. The largest absolute Gasteiger partial charge is 0.462 e. The van der Waals surface area contributed by atoms with Crippen LogP contribution in [0.2, 0.25) is 0 Å². The molecule has 264 valence electrons. The Balaban J connectivity index is 1.52. The van der Waals surface area contributed by atoms with E-state index >= 15 is 0 Å². The Hall–Kier alpha value is -2.00. The fourth-order valence-electron chi connectivity index (χ4n) is 11.5. The van der Waals surface area contributed by atoms with E-state index in [1.807, 2.05) is 27.7 Å². The van der Waals surface area contributed by atoms with Gasteiger partial charge in [0.25, 0.3) is 0 Å². The molecule has 4 N–H and O–H groups in total. The molecule has 5 rings (SSSR count). The van der Waals surface area contributed by atoms with E-state index < -0.39 is 53.2 Å². The molecule has 0 radical (unpaired) electrons. The predicted octanol–water partition coefficient (Wildman–Crippen LogP) is 5.67. The molecule has 4 unspecified atom stereocenters. The molecule has 4 saturated carbocycles. The molecule has 5 aliphatic carbocycles. The number of aliphatic hydroxyl groups excluding tert-OH is 4. The molecule has 0 aliphatic heterocycles. The molecule has 0 spiro atoms. The molecule has 0 aromatic heterocycles. The molecule has 4 fully saturated rings. The lowest BCUT2D eigenvalue weighted by molar-refractivity contribution is -0.251. The molecule has 8 nitrogen and oxygen atoms in total. The first-order chi connectivity index (χ1) is 21.8. The zero-order chi connectivity index (χ0) is 34.9. The number of hydrogen-bond donors (Lipinski definition) is 4. The number of rotatable bonds is 6. The van der Waals surface area contributed by atoms with Gasteiger partial charge in [-0.2, -0.15) is 0 Å². The van der Waals surface area contributed by atoms with Crippen LogP contribution in [0.3, 0.4) is 0 Å². The van der Waals surface area contributed by atoms with Crippen molar-refractivity contribution in [1.29, 1.82) is 0 Å². The van der Waals surface area contributed by atoms with Crippen molar-refractivity contribution in [3.8, 4) is 0 Å². The maximum Gasteiger partial charge on any atom is 0.331 e. The van der Waals surface area contributed by atoms with Crippen LogP contribution in [-0.4, -0.2) is 70.0 Å².